The zero-order chi connectivity index (χ0) is 26.0. The number of fused-ring (bicyclic) bond motifs is 1. The molecule has 1 aromatic carbocycles. The van der Waals surface area contributed by atoms with Gasteiger partial charge in [-0.25, -0.2) is 0 Å². The summed E-state index contributed by atoms with van der Waals surface area (Å²) in [5.74, 6) is 1.69. The van der Waals surface area contributed by atoms with Gasteiger partial charge in [0.2, 0.25) is 5.91 Å². The summed E-state index contributed by atoms with van der Waals surface area (Å²) in [6.45, 7) is 20.1. The molecule has 0 radical (unpaired) electrons. The molecule has 4 rings (SSSR count). The molecule has 2 aliphatic heterocycles. The van der Waals surface area contributed by atoms with E-state index in [1.54, 1.807) is 0 Å². The lowest BCUT2D eigenvalue weighted by Gasteiger charge is -2.42. The van der Waals surface area contributed by atoms with Crippen LogP contribution in [0, 0.1) is 11.3 Å². The van der Waals surface area contributed by atoms with Gasteiger partial charge >= 0.3 is 0 Å². The third-order valence-electron chi connectivity index (χ3n) is 8.41. The highest BCUT2D eigenvalue weighted by Gasteiger charge is 2.44. The van der Waals surface area contributed by atoms with E-state index in [1.165, 1.54) is 38.9 Å². The zero-order valence-electron chi connectivity index (χ0n) is 23.1. The SMILES string of the molecule is C=C/C=C(\C=C(\C)C(C)CC)c1[nH]c2ccc(C3CCN(C(=O)C4(C)COC4)CC3)cc2c1C(C)C. The molecule has 0 spiro atoms. The van der Waals surface area contributed by atoms with Crippen molar-refractivity contribution in [1.29, 1.82) is 0 Å². The summed E-state index contributed by atoms with van der Waals surface area (Å²) in [7, 11) is 0. The Morgan fingerprint density at radius 3 is 2.50 bits per heavy atom. The summed E-state index contributed by atoms with van der Waals surface area (Å²) in [5, 5.41) is 1.32. The average Bonchev–Trinajstić information content (AvgIpc) is 3.25. The first kappa shape index (κ1) is 26.5. The number of nitrogens with one attached hydrogen (secondary N) is 1. The Morgan fingerprint density at radius 2 is 1.94 bits per heavy atom. The molecule has 194 valence electrons. The number of carbonyl (C=O) groups excluding carboxylic acids is 1. The number of hydrogen-bond acceptors (Lipinski definition) is 2. The normalized spacial score (nSPS) is 20.0. The molecule has 4 heteroatoms. The number of amides is 1. The molecule has 2 fully saturated rings. The summed E-state index contributed by atoms with van der Waals surface area (Å²) >= 11 is 0. The van der Waals surface area contributed by atoms with Crippen LogP contribution in [0.5, 0.6) is 0 Å². The van der Waals surface area contributed by atoms with Gasteiger partial charge in [-0.1, -0.05) is 64.1 Å². The number of carbonyl (C=O) groups is 1. The molecule has 2 saturated heterocycles. The first-order valence-electron chi connectivity index (χ1n) is 13.7. The number of rotatable bonds is 8. The van der Waals surface area contributed by atoms with Crippen LogP contribution < -0.4 is 0 Å². The number of benzene rings is 1. The van der Waals surface area contributed by atoms with Crippen molar-refractivity contribution in [3.8, 4) is 0 Å². The molecule has 1 amide bonds. The fourth-order valence-corrected chi connectivity index (χ4v) is 5.68. The number of allylic oxidation sites excluding steroid dienone is 5. The van der Waals surface area contributed by atoms with Crippen LogP contribution in [0.3, 0.4) is 0 Å². The number of aromatic amines is 1. The van der Waals surface area contributed by atoms with E-state index in [0.717, 1.165) is 32.4 Å². The van der Waals surface area contributed by atoms with Crippen LogP contribution in [-0.2, 0) is 9.53 Å². The second-order valence-corrected chi connectivity index (χ2v) is 11.5. The topological polar surface area (TPSA) is 45.3 Å². The molecular formula is C32H44N2O2. The van der Waals surface area contributed by atoms with Crippen LogP contribution in [0.1, 0.15) is 89.5 Å². The predicted octanol–water partition coefficient (Wildman–Crippen LogP) is 7.60. The van der Waals surface area contributed by atoms with E-state index in [9.17, 15) is 4.79 Å². The van der Waals surface area contributed by atoms with Crippen LogP contribution in [0.15, 0.2) is 48.6 Å². The van der Waals surface area contributed by atoms with Crippen LogP contribution in [0.25, 0.3) is 16.5 Å². The van der Waals surface area contributed by atoms with Gasteiger partial charge in [-0.05, 0) is 79.7 Å². The molecule has 2 aliphatic rings. The van der Waals surface area contributed by atoms with E-state index < -0.39 is 0 Å². The lowest BCUT2D eigenvalue weighted by Crippen LogP contribution is -2.54. The first-order valence-corrected chi connectivity index (χ1v) is 13.7. The Morgan fingerprint density at radius 1 is 1.25 bits per heavy atom. The van der Waals surface area contributed by atoms with Crippen molar-refractivity contribution in [2.75, 3.05) is 26.3 Å². The molecule has 1 unspecified atom stereocenters. The maximum absolute atomic E-state index is 12.9. The largest absolute Gasteiger partial charge is 0.379 e. The quantitative estimate of drug-likeness (QED) is 0.389. The summed E-state index contributed by atoms with van der Waals surface area (Å²) in [6.07, 6.45) is 9.51. The van der Waals surface area contributed by atoms with Gasteiger partial charge in [0.1, 0.15) is 0 Å². The first-order chi connectivity index (χ1) is 17.2. The third kappa shape index (κ3) is 5.11. The van der Waals surface area contributed by atoms with E-state index >= 15 is 0 Å². The van der Waals surface area contributed by atoms with Crippen LogP contribution >= 0.6 is 0 Å². The molecule has 0 saturated carbocycles. The van der Waals surface area contributed by atoms with E-state index in [4.69, 9.17) is 4.74 Å². The van der Waals surface area contributed by atoms with Gasteiger partial charge < -0.3 is 14.6 Å². The van der Waals surface area contributed by atoms with Crippen molar-refractivity contribution in [2.45, 2.75) is 72.6 Å². The van der Waals surface area contributed by atoms with Crippen LogP contribution in [-0.4, -0.2) is 42.1 Å². The Hall–Kier alpha value is -2.59. The lowest BCUT2D eigenvalue weighted by atomic mass is 9.84. The summed E-state index contributed by atoms with van der Waals surface area (Å²) in [5.41, 5.74) is 7.44. The number of H-pyrrole nitrogens is 1. The number of aromatic nitrogens is 1. The van der Waals surface area contributed by atoms with Crippen molar-refractivity contribution in [3.63, 3.8) is 0 Å². The van der Waals surface area contributed by atoms with Gasteiger partial charge in [0.05, 0.1) is 18.6 Å². The Balaban J connectivity index is 1.62. The lowest BCUT2D eigenvalue weighted by molar-refractivity contribution is -0.169. The van der Waals surface area contributed by atoms with E-state index in [0.29, 0.717) is 31.0 Å². The smallest absolute Gasteiger partial charge is 0.233 e. The summed E-state index contributed by atoms with van der Waals surface area (Å²) in [4.78, 5) is 18.7. The Bertz CT molecular complexity index is 1170. The number of nitrogens with zero attached hydrogens (tertiary/aromatic N) is 1. The summed E-state index contributed by atoms with van der Waals surface area (Å²) in [6, 6.07) is 6.94. The molecule has 4 nitrogen and oxygen atoms in total. The fourth-order valence-electron chi connectivity index (χ4n) is 5.68. The number of hydrogen-bond donors (Lipinski definition) is 1. The van der Waals surface area contributed by atoms with Gasteiger partial charge in [0.25, 0.3) is 0 Å². The third-order valence-corrected chi connectivity index (χ3v) is 8.41. The summed E-state index contributed by atoms with van der Waals surface area (Å²) < 4.78 is 5.32. The number of piperidine rings is 1. The minimum absolute atomic E-state index is 0.266. The molecule has 0 bridgehead atoms. The van der Waals surface area contributed by atoms with Gasteiger partial charge in [-0.15, -0.1) is 0 Å². The van der Waals surface area contributed by atoms with Crippen molar-refractivity contribution < 1.29 is 9.53 Å². The number of ether oxygens (including phenoxy) is 1. The predicted molar refractivity (Wildman–Crippen MR) is 151 cm³/mol. The Labute approximate surface area is 217 Å². The minimum Gasteiger partial charge on any atom is -0.379 e. The molecule has 0 aliphatic carbocycles. The highest BCUT2D eigenvalue weighted by molar-refractivity contribution is 5.92. The van der Waals surface area contributed by atoms with Gasteiger partial charge in [0.15, 0.2) is 0 Å². The standard InChI is InChI=1S/C32H44N2O2/c1-8-10-26(17-23(6)22(5)9-2)30-29(21(3)4)27-18-25(11-12-28(27)33-30)24-13-15-34(16-14-24)31(35)32(7)19-36-20-32/h8,10-12,17-18,21-22,24,33H,1,9,13-16,19-20H2,2-7H3/b23-17-,26-10+. The Kier molecular flexibility index (Phi) is 7.94. The molecule has 1 N–H and O–H groups in total. The second kappa shape index (κ2) is 10.8. The molecular weight excluding hydrogens is 444 g/mol. The van der Waals surface area contributed by atoms with E-state index in [-0.39, 0.29) is 11.3 Å². The second-order valence-electron chi connectivity index (χ2n) is 11.5. The highest BCUT2D eigenvalue weighted by atomic mass is 16.5. The van der Waals surface area contributed by atoms with E-state index in [2.05, 4.69) is 81.4 Å². The molecule has 1 atom stereocenters. The molecule has 3 heterocycles. The average molecular weight is 489 g/mol. The maximum atomic E-state index is 12.9. The number of likely N-dealkylation sites (tertiary alicyclic amines) is 1. The van der Waals surface area contributed by atoms with Gasteiger partial charge in [-0.2, -0.15) is 0 Å². The van der Waals surface area contributed by atoms with Crippen LogP contribution in [0.4, 0.5) is 0 Å². The van der Waals surface area contributed by atoms with Crippen molar-refractivity contribution in [1.82, 2.24) is 9.88 Å². The minimum atomic E-state index is -0.308. The van der Waals surface area contributed by atoms with E-state index in [1.807, 2.05) is 13.0 Å². The van der Waals surface area contributed by atoms with Gasteiger partial charge in [0, 0.05) is 29.7 Å². The van der Waals surface area contributed by atoms with Crippen LogP contribution in [0.2, 0.25) is 0 Å². The molecule has 1 aromatic heterocycles. The highest BCUT2D eigenvalue weighted by Crippen LogP contribution is 2.38. The molecule has 2 aromatic rings. The van der Waals surface area contributed by atoms with Gasteiger partial charge in [-0.3, -0.25) is 4.79 Å². The maximum Gasteiger partial charge on any atom is 0.233 e. The van der Waals surface area contributed by atoms with Crippen molar-refractivity contribution >= 4 is 22.4 Å². The fraction of sp³-hybridized carbons (Fsp3) is 0.531. The monoisotopic (exact) mass is 488 g/mol. The van der Waals surface area contributed by atoms with Crippen molar-refractivity contribution in [2.24, 2.45) is 11.3 Å². The zero-order valence-corrected chi connectivity index (χ0v) is 23.1. The van der Waals surface area contributed by atoms with Crippen molar-refractivity contribution in [3.05, 3.63) is 65.4 Å². The molecule has 36 heavy (non-hydrogen) atoms.